The monoisotopic (exact) mass is 325 g/mol. The Morgan fingerprint density at radius 3 is 2.74 bits per heavy atom. The number of hydrogen-bond donors (Lipinski definition) is 1. The maximum atomic E-state index is 6.51. The van der Waals surface area contributed by atoms with Crippen molar-refractivity contribution in [2.45, 2.75) is 46.1 Å². The molecule has 0 saturated heterocycles. The topological polar surface area (TPSA) is 35.2 Å². The molecule has 0 amide bonds. The van der Waals surface area contributed by atoms with Crippen molar-refractivity contribution in [3.63, 3.8) is 0 Å². The van der Waals surface area contributed by atoms with Gasteiger partial charge >= 0.3 is 0 Å². The standard InChI is InChI=1S/C16H24BrNO/c1-4-19-14-8-7-11(10-13(14)17)15(18)12-6-5-9-16(12,2)3/h7-8,10,12,15H,4-6,9,18H2,1-3H3. The summed E-state index contributed by atoms with van der Waals surface area (Å²) in [4.78, 5) is 0. The van der Waals surface area contributed by atoms with Crippen LogP contribution < -0.4 is 10.5 Å². The molecule has 2 atom stereocenters. The predicted octanol–water partition coefficient (Wildman–Crippen LogP) is 4.67. The summed E-state index contributed by atoms with van der Waals surface area (Å²) in [6, 6.07) is 6.35. The predicted molar refractivity (Wildman–Crippen MR) is 83.4 cm³/mol. The normalized spacial score (nSPS) is 23.3. The van der Waals surface area contributed by atoms with Crippen molar-refractivity contribution in [3.05, 3.63) is 28.2 Å². The maximum absolute atomic E-state index is 6.51. The van der Waals surface area contributed by atoms with Crippen molar-refractivity contribution < 1.29 is 4.74 Å². The van der Waals surface area contributed by atoms with Crippen LogP contribution in [0.25, 0.3) is 0 Å². The highest BCUT2D eigenvalue weighted by Crippen LogP contribution is 2.48. The Kier molecular flexibility index (Phi) is 4.57. The first kappa shape index (κ1) is 14.9. The van der Waals surface area contributed by atoms with Crippen molar-refractivity contribution in [1.29, 1.82) is 0 Å². The highest BCUT2D eigenvalue weighted by molar-refractivity contribution is 9.10. The average Bonchev–Trinajstić information content (AvgIpc) is 2.71. The lowest BCUT2D eigenvalue weighted by Gasteiger charge is -2.32. The third kappa shape index (κ3) is 3.14. The van der Waals surface area contributed by atoms with Crippen LogP contribution in [0.15, 0.2) is 22.7 Å². The molecule has 0 aliphatic heterocycles. The highest BCUT2D eigenvalue weighted by atomic mass is 79.9. The van der Waals surface area contributed by atoms with Crippen molar-refractivity contribution in [1.82, 2.24) is 0 Å². The van der Waals surface area contributed by atoms with E-state index in [1.165, 1.54) is 24.8 Å². The van der Waals surface area contributed by atoms with Gasteiger partial charge in [-0.2, -0.15) is 0 Å². The summed E-state index contributed by atoms with van der Waals surface area (Å²) >= 11 is 3.57. The van der Waals surface area contributed by atoms with Gasteiger partial charge in [0, 0.05) is 6.04 Å². The summed E-state index contributed by atoms with van der Waals surface area (Å²) in [5.74, 6) is 1.46. The molecule has 3 heteroatoms. The second-order valence-corrected chi connectivity index (χ2v) is 6.99. The molecule has 2 nitrogen and oxygen atoms in total. The van der Waals surface area contributed by atoms with Crippen LogP contribution in [0.3, 0.4) is 0 Å². The van der Waals surface area contributed by atoms with Crippen LogP contribution in [-0.2, 0) is 0 Å². The molecule has 1 aromatic rings. The fourth-order valence-electron chi connectivity index (χ4n) is 3.25. The van der Waals surface area contributed by atoms with Gasteiger partial charge in [0.25, 0.3) is 0 Å². The van der Waals surface area contributed by atoms with Gasteiger partial charge in [0.15, 0.2) is 0 Å². The second kappa shape index (κ2) is 5.84. The van der Waals surface area contributed by atoms with Gasteiger partial charge in [0.05, 0.1) is 11.1 Å². The van der Waals surface area contributed by atoms with E-state index in [4.69, 9.17) is 10.5 Å². The molecule has 1 aliphatic rings. The van der Waals surface area contributed by atoms with Crippen LogP contribution in [-0.4, -0.2) is 6.61 Å². The van der Waals surface area contributed by atoms with Crippen LogP contribution in [0.2, 0.25) is 0 Å². The first-order valence-electron chi connectivity index (χ1n) is 7.13. The summed E-state index contributed by atoms with van der Waals surface area (Å²) in [5, 5.41) is 0. The van der Waals surface area contributed by atoms with Crippen molar-refractivity contribution in [2.24, 2.45) is 17.1 Å². The molecule has 0 bridgehead atoms. The Bertz CT molecular complexity index is 444. The Morgan fingerprint density at radius 1 is 1.47 bits per heavy atom. The zero-order valence-corrected chi connectivity index (χ0v) is 13.7. The molecule has 0 radical (unpaired) electrons. The van der Waals surface area contributed by atoms with Gasteiger partial charge in [0.1, 0.15) is 5.75 Å². The Hall–Kier alpha value is -0.540. The van der Waals surface area contributed by atoms with Gasteiger partial charge in [-0.15, -0.1) is 0 Å². The quantitative estimate of drug-likeness (QED) is 0.872. The SMILES string of the molecule is CCOc1ccc(C(N)C2CCCC2(C)C)cc1Br. The molecule has 2 unspecified atom stereocenters. The molecule has 1 aromatic carbocycles. The Labute approximate surface area is 124 Å². The number of benzene rings is 1. The van der Waals surface area contributed by atoms with Crippen LogP contribution in [0.1, 0.15) is 51.6 Å². The number of ether oxygens (including phenoxy) is 1. The fraction of sp³-hybridized carbons (Fsp3) is 0.625. The first-order valence-corrected chi connectivity index (χ1v) is 7.93. The van der Waals surface area contributed by atoms with Gasteiger partial charge in [-0.3, -0.25) is 0 Å². The van der Waals surface area contributed by atoms with Gasteiger partial charge < -0.3 is 10.5 Å². The lowest BCUT2D eigenvalue weighted by Crippen LogP contribution is -2.29. The van der Waals surface area contributed by atoms with Crippen molar-refractivity contribution in [3.8, 4) is 5.75 Å². The first-order chi connectivity index (χ1) is 8.95. The van der Waals surface area contributed by atoms with E-state index in [-0.39, 0.29) is 6.04 Å². The third-order valence-corrected chi connectivity index (χ3v) is 5.03. The summed E-state index contributed by atoms with van der Waals surface area (Å²) in [6.07, 6.45) is 3.81. The number of halogens is 1. The third-order valence-electron chi connectivity index (χ3n) is 4.41. The molecule has 1 fully saturated rings. The molecule has 0 heterocycles. The largest absolute Gasteiger partial charge is 0.493 e. The second-order valence-electron chi connectivity index (χ2n) is 6.14. The van der Waals surface area contributed by atoms with Crippen molar-refractivity contribution in [2.75, 3.05) is 6.61 Å². The highest BCUT2D eigenvalue weighted by Gasteiger charge is 2.38. The van der Waals surface area contributed by atoms with Gasteiger partial charge in [-0.25, -0.2) is 0 Å². The maximum Gasteiger partial charge on any atom is 0.133 e. The van der Waals surface area contributed by atoms with Gasteiger partial charge in [-0.05, 0) is 64.7 Å². The van der Waals surface area contributed by atoms with E-state index >= 15 is 0 Å². The zero-order valence-electron chi connectivity index (χ0n) is 12.1. The van der Waals surface area contributed by atoms with E-state index in [0.29, 0.717) is 17.9 Å². The fourth-order valence-corrected chi connectivity index (χ4v) is 3.76. The molecule has 2 N–H and O–H groups in total. The van der Waals surface area contributed by atoms with Crippen LogP contribution >= 0.6 is 15.9 Å². The van der Waals surface area contributed by atoms with E-state index in [1.54, 1.807) is 0 Å². The van der Waals surface area contributed by atoms with E-state index in [2.05, 4.69) is 41.9 Å². The molecular formula is C16H24BrNO. The summed E-state index contributed by atoms with van der Waals surface area (Å²) in [5.41, 5.74) is 8.06. The summed E-state index contributed by atoms with van der Waals surface area (Å²) < 4.78 is 6.55. The van der Waals surface area contributed by atoms with Gasteiger partial charge in [-0.1, -0.05) is 26.3 Å². The van der Waals surface area contributed by atoms with Crippen LogP contribution in [0.4, 0.5) is 0 Å². The molecule has 0 spiro atoms. The zero-order chi connectivity index (χ0) is 14.0. The van der Waals surface area contributed by atoms with E-state index in [1.807, 2.05) is 13.0 Å². The minimum Gasteiger partial charge on any atom is -0.493 e. The Morgan fingerprint density at radius 2 is 2.21 bits per heavy atom. The summed E-state index contributed by atoms with van der Waals surface area (Å²) in [6.45, 7) is 7.36. The number of nitrogens with two attached hydrogens (primary N) is 1. The molecule has 1 aliphatic carbocycles. The summed E-state index contributed by atoms with van der Waals surface area (Å²) in [7, 11) is 0. The molecule has 2 rings (SSSR count). The van der Waals surface area contributed by atoms with E-state index in [9.17, 15) is 0 Å². The smallest absolute Gasteiger partial charge is 0.133 e. The van der Waals surface area contributed by atoms with Crippen LogP contribution in [0, 0.1) is 11.3 Å². The molecule has 0 aromatic heterocycles. The number of hydrogen-bond acceptors (Lipinski definition) is 2. The molecular weight excluding hydrogens is 302 g/mol. The number of rotatable bonds is 4. The molecule has 1 saturated carbocycles. The molecule has 106 valence electrons. The minimum atomic E-state index is 0.115. The Balaban J connectivity index is 2.20. The van der Waals surface area contributed by atoms with Crippen molar-refractivity contribution >= 4 is 15.9 Å². The van der Waals surface area contributed by atoms with Gasteiger partial charge in [0.2, 0.25) is 0 Å². The lowest BCUT2D eigenvalue weighted by molar-refractivity contribution is 0.222. The molecule has 19 heavy (non-hydrogen) atoms. The minimum absolute atomic E-state index is 0.115. The van der Waals surface area contributed by atoms with E-state index in [0.717, 1.165) is 10.2 Å². The lowest BCUT2D eigenvalue weighted by atomic mass is 9.76. The average molecular weight is 326 g/mol. The van der Waals surface area contributed by atoms with Crippen LogP contribution in [0.5, 0.6) is 5.75 Å². The van der Waals surface area contributed by atoms with E-state index < -0.39 is 0 Å².